The lowest BCUT2D eigenvalue weighted by atomic mass is 10.1. The molecule has 2 heterocycles. The second kappa shape index (κ2) is 10.1. The molecule has 0 spiro atoms. The van der Waals surface area contributed by atoms with Gasteiger partial charge in [0.1, 0.15) is 5.70 Å². The van der Waals surface area contributed by atoms with Crippen molar-refractivity contribution in [1.82, 2.24) is 18.5 Å². The Balaban J connectivity index is 1.80. The topological polar surface area (TPSA) is 91.7 Å². The molecule has 1 aliphatic rings. The molecule has 0 aliphatic carbocycles. The van der Waals surface area contributed by atoms with Gasteiger partial charge in [0.2, 0.25) is 0 Å². The molecule has 1 N–H and O–H groups in total. The molecule has 1 fully saturated rings. The predicted molar refractivity (Wildman–Crippen MR) is 137 cm³/mol. The molecule has 2 amide bonds. The van der Waals surface area contributed by atoms with Crippen molar-refractivity contribution >= 4 is 39.0 Å². The third kappa shape index (κ3) is 5.16. The first-order chi connectivity index (χ1) is 16.7. The molecule has 9 heteroatoms. The zero-order valence-electron chi connectivity index (χ0n) is 20.2. The summed E-state index contributed by atoms with van der Waals surface area (Å²) in [6, 6.07) is 14.2. The van der Waals surface area contributed by atoms with Gasteiger partial charge in [0.15, 0.2) is 0 Å². The van der Waals surface area contributed by atoms with Gasteiger partial charge in [0, 0.05) is 49.9 Å². The molecular formula is C26H30N4O4S. The Morgan fingerprint density at radius 2 is 1.63 bits per heavy atom. The Labute approximate surface area is 206 Å². The molecule has 0 radical (unpaired) electrons. The average molecular weight is 495 g/mol. The van der Waals surface area contributed by atoms with Gasteiger partial charge in [-0.2, -0.15) is 12.7 Å². The monoisotopic (exact) mass is 494 g/mol. The molecule has 4 rings (SSSR count). The first kappa shape index (κ1) is 24.7. The van der Waals surface area contributed by atoms with Crippen LogP contribution < -0.4 is 5.32 Å². The summed E-state index contributed by atoms with van der Waals surface area (Å²) in [5.74, 6) is -0.677. The van der Waals surface area contributed by atoms with Crippen molar-refractivity contribution in [3.05, 3.63) is 77.1 Å². The fourth-order valence-corrected chi connectivity index (χ4v) is 5.14. The van der Waals surface area contributed by atoms with Crippen molar-refractivity contribution in [3.8, 4) is 0 Å². The zero-order valence-corrected chi connectivity index (χ0v) is 21.0. The van der Waals surface area contributed by atoms with Crippen molar-refractivity contribution in [1.29, 1.82) is 0 Å². The molecule has 1 saturated heterocycles. The van der Waals surface area contributed by atoms with Crippen molar-refractivity contribution in [3.63, 3.8) is 0 Å². The van der Waals surface area contributed by atoms with Gasteiger partial charge < -0.3 is 10.2 Å². The van der Waals surface area contributed by atoms with Gasteiger partial charge in [0.05, 0.1) is 5.52 Å². The van der Waals surface area contributed by atoms with E-state index < -0.39 is 16.1 Å². The molecule has 0 saturated carbocycles. The predicted octanol–water partition coefficient (Wildman–Crippen LogP) is 3.39. The van der Waals surface area contributed by atoms with E-state index in [-0.39, 0.29) is 11.6 Å². The van der Waals surface area contributed by atoms with Crippen LogP contribution in [0.25, 0.3) is 17.0 Å². The van der Waals surface area contributed by atoms with Crippen LogP contribution in [0.1, 0.15) is 40.7 Å². The van der Waals surface area contributed by atoms with Crippen molar-refractivity contribution in [2.75, 3.05) is 27.2 Å². The zero-order chi connectivity index (χ0) is 25.2. The molecule has 184 valence electrons. The standard InChI is InChI=1S/C26H30N4O4S/c1-19-11-13-20(14-12-19)25(31)27-23(26(32)29-15-7-4-8-16-29)17-21-18-30(35(33,34)28(2)3)24-10-6-5-9-22(21)24/h5-6,9-14,17-18H,4,7-8,15-16H2,1-3H3,(H,27,31). The van der Waals surface area contributed by atoms with Crippen molar-refractivity contribution < 1.29 is 18.0 Å². The largest absolute Gasteiger partial charge is 0.337 e. The third-order valence-electron chi connectivity index (χ3n) is 6.15. The minimum absolute atomic E-state index is 0.114. The van der Waals surface area contributed by atoms with Crippen LogP contribution in [0, 0.1) is 6.92 Å². The Kier molecular flexibility index (Phi) is 7.09. The van der Waals surface area contributed by atoms with E-state index in [9.17, 15) is 18.0 Å². The highest BCUT2D eigenvalue weighted by Gasteiger charge is 2.25. The number of para-hydroxylation sites is 1. The van der Waals surface area contributed by atoms with Gasteiger partial charge in [-0.05, 0) is 50.5 Å². The summed E-state index contributed by atoms with van der Waals surface area (Å²) < 4.78 is 28.2. The minimum atomic E-state index is -3.79. The fourth-order valence-electron chi connectivity index (χ4n) is 4.13. The Hall–Kier alpha value is -3.43. The molecular weight excluding hydrogens is 464 g/mol. The number of amides is 2. The van der Waals surface area contributed by atoms with Crippen LogP contribution in [0.5, 0.6) is 0 Å². The number of hydrogen-bond donors (Lipinski definition) is 1. The first-order valence-corrected chi connectivity index (χ1v) is 13.0. The van der Waals surface area contributed by atoms with Gasteiger partial charge in [-0.15, -0.1) is 0 Å². The van der Waals surface area contributed by atoms with E-state index in [1.807, 2.05) is 25.1 Å². The van der Waals surface area contributed by atoms with Crippen LogP contribution >= 0.6 is 0 Å². The normalized spacial score (nSPS) is 15.0. The second-order valence-electron chi connectivity index (χ2n) is 8.92. The maximum atomic E-state index is 13.5. The summed E-state index contributed by atoms with van der Waals surface area (Å²) in [7, 11) is -0.861. The number of aryl methyl sites for hydroxylation is 1. The van der Waals surface area contributed by atoms with Crippen LogP contribution in [0.15, 0.2) is 60.4 Å². The number of piperidine rings is 1. The highest BCUT2D eigenvalue weighted by Crippen LogP contribution is 2.26. The van der Waals surface area contributed by atoms with Gasteiger partial charge in [-0.1, -0.05) is 35.9 Å². The maximum absolute atomic E-state index is 13.5. The van der Waals surface area contributed by atoms with E-state index in [0.717, 1.165) is 29.1 Å². The lowest BCUT2D eigenvalue weighted by molar-refractivity contribution is -0.128. The van der Waals surface area contributed by atoms with Gasteiger partial charge >= 0.3 is 10.2 Å². The second-order valence-corrected chi connectivity index (χ2v) is 10.9. The number of rotatable bonds is 6. The Bertz CT molecular complexity index is 1380. The molecule has 8 nitrogen and oxygen atoms in total. The smallest absolute Gasteiger partial charge is 0.307 e. The minimum Gasteiger partial charge on any atom is -0.337 e. The number of likely N-dealkylation sites (tertiary alicyclic amines) is 1. The summed E-state index contributed by atoms with van der Waals surface area (Å²) in [4.78, 5) is 28.2. The molecule has 1 aliphatic heterocycles. The summed E-state index contributed by atoms with van der Waals surface area (Å²) >= 11 is 0. The summed E-state index contributed by atoms with van der Waals surface area (Å²) in [5.41, 5.74) is 2.59. The lowest BCUT2D eigenvalue weighted by Crippen LogP contribution is -2.41. The lowest BCUT2D eigenvalue weighted by Gasteiger charge is -2.27. The SMILES string of the molecule is Cc1ccc(C(=O)NC(=Cc2cn(S(=O)(=O)N(C)C)c3ccccc23)C(=O)N2CCCCC2)cc1. The van der Waals surface area contributed by atoms with Crippen LogP contribution in [-0.4, -0.2) is 60.6 Å². The molecule has 3 aromatic rings. The summed E-state index contributed by atoms with van der Waals surface area (Å²) in [6.07, 6.45) is 5.94. The Morgan fingerprint density at radius 1 is 0.971 bits per heavy atom. The fraction of sp³-hybridized carbons (Fsp3) is 0.308. The highest BCUT2D eigenvalue weighted by molar-refractivity contribution is 7.87. The maximum Gasteiger partial charge on any atom is 0.307 e. The Morgan fingerprint density at radius 3 is 2.29 bits per heavy atom. The van der Waals surface area contributed by atoms with Gasteiger partial charge in [-0.3, -0.25) is 9.59 Å². The number of aromatic nitrogens is 1. The molecule has 1 aromatic heterocycles. The average Bonchev–Trinajstić information content (AvgIpc) is 3.23. The van der Waals surface area contributed by atoms with E-state index in [4.69, 9.17) is 0 Å². The number of nitrogens with zero attached hydrogens (tertiary/aromatic N) is 3. The van der Waals surface area contributed by atoms with Gasteiger partial charge in [0.25, 0.3) is 11.8 Å². The van der Waals surface area contributed by atoms with Gasteiger partial charge in [-0.25, -0.2) is 3.97 Å². The van der Waals surface area contributed by atoms with Crippen LogP contribution in [0.3, 0.4) is 0 Å². The van der Waals surface area contributed by atoms with E-state index in [1.54, 1.807) is 41.3 Å². The van der Waals surface area contributed by atoms with Crippen molar-refractivity contribution in [2.45, 2.75) is 26.2 Å². The molecule has 0 atom stereocenters. The molecule has 0 bridgehead atoms. The highest BCUT2D eigenvalue weighted by atomic mass is 32.2. The van der Waals surface area contributed by atoms with E-state index >= 15 is 0 Å². The van der Waals surface area contributed by atoms with E-state index in [2.05, 4.69) is 5.32 Å². The number of hydrogen-bond acceptors (Lipinski definition) is 4. The summed E-state index contributed by atoms with van der Waals surface area (Å²) in [5, 5.41) is 3.45. The molecule has 0 unspecified atom stereocenters. The van der Waals surface area contributed by atoms with Crippen LogP contribution in [0.4, 0.5) is 0 Å². The number of benzene rings is 2. The van der Waals surface area contributed by atoms with E-state index in [0.29, 0.717) is 35.1 Å². The number of nitrogens with one attached hydrogen (secondary N) is 1. The number of carbonyl (C=O) groups is 2. The molecule has 2 aromatic carbocycles. The summed E-state index contributed by atoms with van der Waals surface area (Å²) in [6.45, 7) is 3.17. The number of carbonyl (C=O) groups excluding carboxylic acids is 2. The van der Waals surface area contributed by atoms with Crippen LogP contribution in [0.2, 0.25) is 0 Å². The third-order valence-corrected chi connectivity index (χ3v) is 7.88. The first-order valence-electron chi connectivity index (χ1n) is 11.6. The van der Waals surface area contributed by atoms with Crippen molar-refractivity contribution in [2.24, 2.45) is 0 Å². The number of fused-ring (bicyclic) bond motifs is 1. The molecule has 35 heavy (non-hydrogen) atoms. The quantitative estimate of drug-likeness (QED) is 0.532. The van der Waals surface area contributed by atoms with E-state index in [1.165, 1.54) is 24.3 Å². The van der Waals surface area contributed by atoms with Crippen LogP contribution in [-0.2, 0) is 15.0 Å².